The predicted octanol–water partition coefficient (Wildman–Crippen LogP) is 7.84. The van der Waals surface area contributed by atoms with E-state index in [2.05, 4.69) is 61.0 Å². The number of rotatable bonds is 2. The molecule has 1 aliphatic rings. The first-order valence-corrected chi connectivity index (χ1v) is 10.1. The smallest absolute Gasteiger partial charge is 0.138 e. The van der Waals surface area contributed by atoms with E-state index in [9.17, 15) is 0 Å². The van der Waals surface area contributed by atoms with E-state index < -0.39 is 0 Å². The van der Waals surface area contributed by atoms with Gasteiger partial charge in [0.05, 0.1) is 6.26 Å². The molecule has 0 atom stereocenters. The molecular weight excluding hydrogens is 372 g/mol. The number of fused-ring (bicyclic) bond motifs is 1. The third-order valence-corrected chi connectivity index (χ3v) is 7.22. The molecule has 0 aliphatic heterocycles. The third-order valence-electron chi connectivity index (χ3n) is 6.03. The summed E-state index contributed by atoms with van der Waals surface area (Å²) in [6.45, 7) is 6.46. The zero-order chi connectivity index (χ0) is 17.6. The molecule has 25 heavy (non-hydrogen) atoms. The fourth-order valence-electron chi connectivity index (χ4n) is 4.32. The molecule has 0 spiro atoms. The van der Waals surface area contributed by atoms with Gasteiger partial charge in [-0.25, -0.2) is 0 Å². The Hall–Kier alpha value is -1.54. The second kappa shape index (κ2) is 6.64. The highest BCUT2D eigenvalue weighted by Crippen LogP contribution is 2.40. The van der Waals surface area contributed by atoms with Crippen LogP contribution in [0, 0.1) is 20.8 Å². The van der Waals surface area contributed by atoms with Gasteiger partial charge in [-0.15, -0.1) is 0 Å². The van der Waals surface area contributed by atoms with Crippen molar-refractivity contribution in [2.24, 2.45) is 0 Å². The van der Waals surface area contributed by atoms with Crippen LogP contribution in [0.1, 0.15) is 60.3 Å². The predicted molar refractivity (Wildman–Crippen MR) is 109 cm³/mol. The third kappa shape index (κ3) is 2.85. The van der Waals surface area contributed by atoms with Crippen molar-refractivity contribution in [1.82, 2.24) is 0 Å². The van der Waals surface area contributed by atoms with Gasteiger partial charge in [0.25, 0.3) is 0 Å². The quantitative estimate of drug-likeness (QED) is 0.429. The minimum Gasteiger partial charge on any atom is -0.463 e. The van der Waals surface area contributed by atoms with Crippen molar-refractivity contribution in [3.63, 3.8) is 0 Å². The van der Waals surface area contributed by atoms with Crippen LogP contribution in [-0.2, 0) is 0 Å². The van der Waals surface area contributed by atoms with E-state index in [1.807, 2.05) is 6.26 Å². The Morgan fingerprint density at radius 2 is 1.56 bits per heavy atom. The first-order valence-electron chi connectivity index (χ1n) is 9.34. The van der Waals surface area contributed by atoms with E-state index in [-0.39, 0.29) is 0 Å². The minimum absolute atomic E-state index is 0.754. The fourth-order valence-corrected chi connectivity index (χ4v) is 4.81. The largest absolute Gasteiger partial charge is 0.463 e. The first kappa shape index (κ1) is 16.9. The molecule has 0 N–H and O–H groups in total. The molecule has 4 rings (SSSR count). The van der Waals surface area contributed by atoms with Gasteiger partial charge >= 0.3 is 0 Å². The molecule has 1 nitrogen and oxygen atoms in total. The molecule has 2 aromatic carbocycles. The molecular formula is C23H25BrO. The summed E-state index contributed by atoms with van der Waals surface area (Å²) in [5.41, 5.74) is 8.71. The molecule has 0 saturated heterocycles. The van der Waals surface area contributed by atoms with Crippen LogP contribution in [0.3, 0.4) is 0 Å². The number of furan rings is 1. The van der Waals surface area contributed by atoms with Gasteiger partial charge in [-0.3, -0.25) is 0 Å². The van der Waals surface area contributed by atoms with Crippen LogP contribution in [0.2, 0.25) is 0 Å². The van der Waals surface area contributed by atoms with Gasteiger partial charge in [-0.2, -0.15) is 0 Å². The van der Waals surface area contributed by atoms with Crippen molar-refractivity contribution in [2.45, 2.75) is 58.8 Å². The lowest BCUT2D eigenvalue weighted by molar-refractivity contribution is 0.443. The number of hydrogen-bond acceptors (Lipinski definition) is 1. The Morgan fingerprint density at radius 1 is 0.880 bits per heavy atom. The molecule has 2 heteroatoms. The summed E-state index contributed by atoms with van der Waals surface area (Å²) in [5, 5.41) is 1.24. The van der Waals surface area contributed by atoms with Crippen molar-refractivity contribution >= 4 is 26.9 Å². The van der Waals surface area contributed by atoms with Crippen molar-refractivity contribution in [3.05, 3.63) is 57.3 Å². The highest BCUT2D eigenvalue weighted by molar-refractivity contribution is 9.10. The summed E-state index contributed by atoms with van der Waals surface area (Å²) in [4.78, 5) is 0. The molecule has 0 unspecified atom stereocenters. The monoisotopic (exact) mass is 396 g/mol. The van der Waals surface area contributed by atoms with Crippen LogP contribution in [-0.4, -0.2) is 0 Å². The highest BCUT2D eigenvalue weighted by Gasteiger charge is 2.19. The summed E-state index contributed by atoms with van der Waals surface area (Å²) in [6, 6.07) is 9.21. The van der Waals surface area contributed by atoms with Crippen molar-refractivity contribution in [1.29, 1.82) is 0 Å². The number of aryl methyl sites for hydroxylation is 2. The van der Waals surface area contributed by atoms with Gasteiger partial charge < -0.3 is 4.42 Å². The molecule has 0 radical (unpaired) electrons. The van der Waals surface area contributed by atoms with E-state index >= 15 is 0 Å². The molecule has 1 heterocycles. The summed E-state index contributed by atoms with van der Waals surface area (Å²) in [6.07, 6.45) is 8.78. The molecule has 0 bridgehead atoms. The summed E-state index contributed by atoms with van der Waals surface area (Å²) < 4.78 is 7.17. The molecule has 1 saturated carbocycles. The Labute approximate surface area is 158 Å². The van der Waals surface area contributed by atoms with Gasteiger partial charge in [0, 0.05) is 15.4 Å². The summed E-state index contributed by atoms with van der Waals surface area (Å²) >= 11 is 3.76. The second-order valence-electron chi connectivity index (χ2n) is 7.50. The molecule has 1 aliphatic carbocycles. The standard InChI is InChI=1S/C23H25BrO/c1-14-15(2)23-21(16(3)22(14)24)20(13-25-23)19-11-9-18(10-12-19)17-7-5-4-6-8-17/h9-13,17H,4-8H2,1-3H3. The minimum atomic E-state index is 0.754. The Bertz CT molecular complexity index is 912. The number of halogens is 1. The van der Waals surface area contributed by atoms with Crippen LogP contribution in [0.15, 0.2) is 39.4 Å². The lowest BCUT2D eigenvalue weighted by Gasteiger charge is -2.22. The second-order valence-corrected chi connectivity index (χ2v) is 8.29. The SMILES string of the molecule is Cc1c(Br)c(C)c2c(-c3ccc(C4CCCCC4)cc3)coc2c1C. The zero-order valence-corrected chi connectivity index (χ0v) is 16.9. The van der Waals surface area contributed by atoms with Gasteiger partial charge in [0.1, 0.15) is 5.58 Å². The zero-order valence-electron chi connectivity index (χ0n) is 15.3. The topological polar surface area (TPSA) is 13.1 Å². The van der Waals surface area contributed by atoms with Gasteiger partial charge in [-0.1, -0.05) is 59.5 Å². The first-order chi connectivity index (χ1) is 12.1. The highest BCUT2D eigenvalue weighted by atomic mass is 79.9. The maximum absolute atomic E-state index is 5.98. The van der Waals surface area contributed by atoms with Crippen LogP contribution < -0.4 is 0 Å². The lowest BCUT2D eigenvalue weighted by atomic mass is 9.83. The maximum Gasteiger partial charge on any atom is 0.138 e. The van der Waals surface area contributed by atoms with Gasteiger partial charge in [0.2, 0.25) is 0 Å². The molecule has 130 valence electrons. The average Bonchev–Trinajstić information content (AvgIpc) is 3.11. The summed E-state index contributed by atoms with van der Waals surface area (Å²) in [7, 11) is 0. The maximum atomic E-state index is 5.98. The van der Waals surface area contributed by atoms with Crippen molar-refractivity contribution in [3.8, 4) is 11.1 Å². The van der Waals surface area contributed by atoms with E-state index in [1.54, 1.807) is 0 Å². The van der Waals surface area contributed by atoms with Crippen molar-refractivity contribution < 1.29 is 4.42 Å². The average molecular weight is 397 g/mol. The Kier molecular flexibility index (Phi) is 4.49. The Balaban J connectivity index is 1.77. The normalized spacial score (nSPS) is 15.8. The van der Waals surface area contributed by atoms with E-state index in [1.165, 1.54) is 75.3 Å². The number of benzene rings is 2. The lowest BCUT2D eigenvalue weighted by Crippen LogP contribution is -2.04. The Morgan fingerprint density at radius 3 is 2.24 bits per heavy atom. The molecule has 3 aromatic rings. The molecule has 1 fully saturated rings. The van der Waals surface area contributed by atoms with Crippen LogP contribution in [0.5, 0.6) is 0 Å². The van der Waals surface area contributed by atoms with Crippen LogP contribution in [0.4, 0.5) is 0 Å². The van der Waals surface area contributed by atoms with E-state index in [0.29, 0.717) is 0 Å². The van der Waals surface area contributed by atoms with Crippen LogP contribution >= 0.6 is 15.9 Å². The van der Waals surface area contributed by atoms with E-state index in [4.69, 9.17) is 4.42 Å². The van der Waals surface area contributed by atoms with Gasteiger partial charge in [-0.05, 0) is 67.3 Å². The molecule has 0 amide bonds. The van der Waals surface area contributed by atoms with Gasteiger partial charge in [0.15, 0.2) is 0 Å². The fraction of sp³-hybridized carbons (Fsp3) is 0.391. The summed E-state index contributed by atoms with van der Waals surface area (Å²) in [5.74, 6) is 0.754. The van der Waals surface area contributed by atoms with Crippen molar-refractivity contribution in [2.75, 3.05) is 0 Å². The van der Waals surface area contributed by atoms with Crippen LogP contribution in [0.25, 0.3) is 22.1 Å². The molecule has 1 aromatic heterocycles. The van der Waals surface area contributed by atoms with E-state index in [0.717, 1.165) is 11.5 Å². The number of hydrogen-bond donors (Lipinski definition) is 0.